The van der Waals surface area contributed by atoms with Crippen LogP contribution in [0.25, 0.3) is 0 Å². The second-order valence-corrected chi connectivity index (χ2v) is 13.3. The van der Waals surface area contributed by atoms with Crippen LogP contribution in [0.2, 0.25) is 0 Å². The van der Waals surface area contributed by atoms with Crippen molar-refractivity contribution in [2.75, 3.05) is 34.0 Å². The molecule has 0 spiro atoms. The first-order valence-electron chi connectivity index (χ1n) is 16.2. The van der Waals surface area contributed by atoms with Crippen LogP contribution in [0.3, 0.4) is 0 Å². The number of aliphatic hydroxyl groups excluding tert-OH is 1. The second kappa shape index (κ2) is 12.2. The predicted molar refractivity (Wildman–Crippen MR) is 167 cm³/mol. The molecule has 3 fully saturated rings. The molecule has 2 aromatic carbocycles. The number of fused-ring (bicyclic) bond motifs is 6. The maximum absolute atomic E-state index is 14.0. The number of ketones is 2. The summed E-state index contributed by atoms with van der Waals surface area (Å²) in [6.07, 6.45) is -3.71. The minimum atomic E-state index is -1.73. The van der Waals surface area contributed by atoms with Crippen molar-refractivity contribution in [3.8, 4) is 17.2 Å². The Morgan fingerprint density at radius 1 is 1.06 bits per heavy atom. The maximum atomic E-state index is 14.0. The number of nitrogens with zero attached hydrogens (tertiary/aromatic N) is 1. The Morgan fingerprint density at radius 2 is 1.81 bits per heavy atom. The molecular weight excluding hydrogens is 626 g/mol. The van der Waals surface area contributed by atoms with Crippen molar-refractivity contribution in [1.82, 2.24) is 4.90 Å². The molecule has 3 heterocycles. The molecule has 0 radical (unpaired) electrons. The zero-order chi connectivity index (χ0) is 34.2. The lowest BCUT2D eigenvalue weighted by Crippen LogP contribution is -2.55. The minimum Gasteiger partial charge on any atom is -0.507 e. The number of rotatable bonds is 6. The number of morpholine rings is 1. The van der Waals surface area contributed by atoms with Gasteiger partial charge in [-0.1, -0.05) is 17.7 Å². The summed E-state index contributed by atoms with van der Waals surface area (Å²) in [5.41, 5.74) is -1.34. The number of allylic oxidation sites excluding steroid dienone is 1. The third-order valence-electron chi connectivity index (χ3n) is 10.5. The van der Waals surface area contributed by atoms with E-state index in [1.807, 2.05) is 6.92 Å². The number of aromatic hydroxyl groups is 2. The molecule has 13 heteroatoms. The summed E-state index contributed by atoms with van der Waals surface area (Å²) in [6, 6.07) is 4.45. The van der Waals surface area contributed by atoms with Gasteiger partial charge < -0.3 is 48.8 Å². The molecule has 0 unspecified atom stereocenters. The molecule has 0 saturated carbocycles. The summed E-state index contributed by atoms with van der Waals surface area (Å²) in [4.78, 5) is 30.1. The number of hydrogen-bond donors (Lipinski definition) is 4. The van der Waals surface area contributed by atoms with Crippen molar-refractivity contribution in [1.29, 1.82) is 0 Å². The first kappa shape index (κ1) is 33.1. The monoisotopic (exact) mass is 667 g/mol. The Balaban J connectivity index is 1.32. The fourth-order valence-electron chi connectivity index (χ4n) is 8.33. The summed E-state index contributed by atoms with van der Waals surface area (Å²) < 4.78 is 35.9. The molecule has 8 atom stereocenters. The molecule has 0 amide bonds. The Hall–Kier alpha value is -3.40. The first-order chi connectivity index (χ1) is 22.9. The van der Waals surface area contributed by atoms with Gasteiger partial charge in [-0.25, -0.2) is 0 Å². The van der Waals surface area contributed by atoms with Crippen LogP contribution in [0.4, 0.5) is 0 Å². The average Bonchev–Trinajstić information content (AvgIpc) is 3.44. The largest absolute Gasteiger partial charge is 0.507 e. The summed E-state index contributed by atoms with van der Waals surface area (Å²) in [5.74, 6) is -2.26. The van der Waals surface area contributed by atoms with Crippen LogP contribution < -0.4 is 4.74 Å². The van der Waals surface area contributed by atoms with E-state index in [0.717, 1.165) is 0 Å². The van der Waals surface area contributed by atoms with Crippen LogP contribution in [-0.4, -0.2) is 114 Å². The molecule has 13 nitrogen and oxygen atoms in total. The van der Waals surface area contributed by atoms with Gasteiger partial charge in [0.25, 0.3) is 0 Å². The molecule has 48 heavy (non-hydrogen) atoms. The van der Waals surface area contributed by atoms with Crippen molar-refractivity contribution in [3.63, 3.8) is 0 Å². The Bertz CT molecular complexity index is 1700. The number of benzene rings is 2. The highest BCUT2D eigenvalue weighted by atomic mass is 16.7. The molecule has 4 N–H and O–H groups in total. The lowest BCUT2D eigenvalue weighted by atomic mass is 9.70. The van der Waals surface area contributed by atoms with Gasteiger partial charge in [0, 0.05) is 55.6 Å². The van der Waals surface area contributed by atoms with Crippen LogP contribution in [-0.2, 0) is 30.1 Å². The van der Waals surface area contributed by atoms with Gasteiger partial charge in [0.2, 0.25) is 5.78 Å². The van der Waals surface area contributed by atoms with Gasteiger partial charge >= 0.3 is 0 Å². The number of aliphatic hydroxyl groups is 2. The molecule has 0 aromatic heterocycles. The quantitative estimate of drug-likeness (QED) is 0.223. The average molecular weight is 668 g/mol. The van der Waals surface area contributed by atoms with E-state index in [1.54, 1.807) is 33.1 Å². The van der Waals surface area contributed by atoms with Crippen molar-refractivity contribution >= 4 is 11.6 Å². The first-order valence-corrected chi connectivity index (χ1v) is 16.2. The molecular formula is C35H41NO12. The number of methoxy groups -OCH3 is 2. The van der Waals surface area contributed by atoms with Crippen molar-refractivity contribution in [2.45, 2.75) is 88.8 Å². The minimum absolute atomic E-state index is 0.0183. The van der Waals surface area contributed by atoms with E-state index in [1.165, 1.54) is 13.2 Å². The predicted octanol–water partition coefficient (Wildman–Crippen LogP) is 2.48. The second-order valence-electron chi connectivity index (χ2n) is 13.3. The van der Waals surface area contributed by atoms with Crippen molar-refractivity contribution < 1.29 is 58.4 Å². The van der Waals surface area contributed by atoms with E-state index in [0.29, 0.717) is 30.7 Å². The molecule has 258 valence electrons. The van der Waals surface area contributed by atoms with Crippen LogP contribution in [0.15, 0.2) is 29.3 Å². The van der Waals surface area contributed by atoms with E-state index in [-0.39, 0.29) is 64.1 Å². The molecule has 5 aliphatic rings. The highest BCUT2D eigenvalue weighted by Gasteiger charge is 2.55. The summed E-state index contributed by atoms with van der Waals surface area (Å²) in [5, 5.41) is 46.3. The van der Waals surface area contributed by atoms with Gasteiger partial charge in [-0.2, -0.15) is 0 Å². The molecule has 0 bridgehead atoms. The van der Waals surface area contributed by atoms with Gasteiger partial charge in [0.1, 0.15) is 23.4 Å². The standard InChI is InChI=1S/C35H41NO12/c1-15(2)19(14-37)35(42)12-18-25(31(41)27-26(29(18)39)28(38)17-7-6-8-21(43-4)24(17)30(27)40)22(13-35)47-23-11-20-32(16(3)46-23)48-33-34(44-5)45-10-9-36(20)33/h6-8,16,20,22-23,32-34,37,39,41-42H,9-14H2,1-5H3/t16-,20-,22-,23-,32+,33+,34-,35-/m0/s1. The third kappa shape index (κ3) is 4.90. The van der Waals surface area contributed by atoms with Crippen LogP contribution in [0.5, 0.6) is 17.2 Å². The summed E-state index contributed by atoms with van der Waals surface area (Å²) in [7, 11) is 2.94. The topological polar surface area (TPSA) is 174 Å². The maximum Gasteiger partial charge on any atom is 0.202 e. The van der Waals surface area contributed by atoms with Crippen LogP contribution >= 0.6 is 0 Å². The van der Waals surface area contributed by atoms with E-state index < -0.39 is 66.3 Å². The van der Waals surface area contributed by atoms with Gasteiger partial charge in [-0.3, -0.25) is 14.5 Å². The third-order valence-corrected chi connectivity index (χ3v) is 10.5. The number of hydrogen-bond acceptors (Lipinski definition) is 13. The van der Waals surface area contributed by atoms with E-state index >= 15 is 0 Å². The van der Waals surface area contributed by atoms with Crippen LogP contribution in [0, 0.1) is 0 Å². The van der Waals surface area contributed by atoms with Crippen molar-refractivity contribution in [2.24, 2.45) is 0 Å². The van der Waals surface area contributed by atoms with Gasteiger partial charge in [-0.05, 0) is 32.4 Å². The molecule has 2 aliphatic carbocycles. The summed E-state index contributed by atoms with van der Waals surface area (Å²) in [6.45, 7) is 5.98. The Labute approximate surface area is 277 Å². The Morgan fingerprint density at radius 3 is 2.50 bits per heavy atom. The lowest BCUT2D eigenvalue weighted by molar-refractivity contribution is -0.256. The normalized spacial score (nSPS) is 32.5. The summed E-state index contributed by atoms with van der Waals surface area (Å²) >= 11 is 0. The molecule has 3 saturated heterocycles. The highest BCUT2D eigenvalue weighted by Crippen LogP contribution is 2.54. The van der Waals surface area contributed by atoms with Gasteiger partial charge in [0.05, 0.1) is 54.8 Å². The van der Waals surface area contributed by atoms with E-state index in [9.17, 15) is 30.0 Å². The molecule has 3 aliphatic heterocycles. The number of carbonyl (C=O) groups excluding carboxylic acids is 2. The van der Waals surface area contributed by atoms with Gasteiger partial charge in [0.15, 0.2) is 24.6 Å². The SMILES string of the molecule is COc1cccc2c1C(=O)c1c(O)c3c(c(O)c1C2=O)C[C@@](O)(C(CO)=C(C)C)C[C@@H]3O[C@H]1C[C@H]2[C@H](O[C@@H]3[C@@H](OC)OCCN32)[C@H](C)O1. The lowest BCUT2D eigenvalue weighted by Gasteiger charge is -2.44. The molecule has 2 aromatic rings. The number of phenols is 2. The van der Waals surface area contributed by atoms with E-state index in [2.05, 4.69) is 4.90 Å². The number of phenolic OH excluding ortho intramolecular Hbond substituents is 2. The Kier molecular flexibility index (Phi) is 8.40. The van der Waals surface area contributed by atoms with E-state index in [4.69, 9.17) is 28.4 Å². The van der Waals surface area contributed by atoms with Crippen molar-refractivity contribution in [3.05, 3.63) is 62.7 Å². The fourth-order valence-corrected chi connectivity index (χ4v) is 8.33. The highest BCUT2D eigenvalue weighted by molar-refractivity contribution is 6.31. The zero-order valence-electron chi connectivity index (χ0n) is 27.5. The van der Waals surface area contributed by atoms with Crippen LogP contribution in [0.1, 0.15) is 82.7 Å². The molecule has 7 rings (SSSR count). The number of ether oxygens (including phenoxy) is 6. The smallest absolute Gasteiger partial charge is 0.202 e. The zero-order valence-corrected chi connectivity index (χ0v) is 27.5. The van der Waals surface area contributed by atoms with Gasteiger partial charge in [-0.15, -0.1) is 0 Å². The fraction of sp³-hybridized carbons (Fsp3) is 0.543. The number of carbonyl (C=O) groups is 2.